The molecule has 1 heterocycles. The van der Waals surface area contributed by atoms with Gasteiger partial charge in [-0.15, -0.1) is 0 Å². The van der Waals surface area contributed by atoms with Gasteiger partial charge in [-0.25, -0.2) is 0 Å². The van der Waals surface area contributed by atoms with Crippen LogP contribution in [0.5, 0.6) is 5.75 Å². The summed E-state index contributed by atoms with van der Waals surface area (Å²) in [6, 6.07) is 4.30. The Balaban J connectivity index is 2.06. The normalized spacial score (nSPS) is 18.6. The third-order valence-electron chi connectivity index (χ3n) is 3.26. The van der Waals surface area contributed by atoms with E-state index in [-0.39, 0.29) is 23.1 Å². The van der Waals surface area contributed by atoms with Crippen LogP contribution in [0.4, 0.5) is 5.69 Å². The maximum absolute atomic E-state index is 11.3. The number of rotatable bonds is 5. The highest BCUT2D eigenvalue weighted by molar-refractivity contribution is 5.98. The van der Waals surface area contributed by atoms with E-state index in [1.807, 2.05) is 0 Å². The van der Waals surface area contributed by atoms with Crippen LogP contribution >= 0.6 is 0 Å². The average molecular weight is 279 g/mol. The van der Waals surface area contributed by atoms with Gasteiger partial charge >= 0.3 is 0 Å². The van der Waals surface area contributed by atoms with Crippen molar-refractivity contribution in [2.45, 2.75) is 32.3 Å². The van der Waals surface area contributed by atoms with E-state index in [4.69, 9.17) is 9.47 Å². The van der Waals surface area contributed by atoms with E-state index in [2.05, 4.69) is 0 Å². The van der Waals surface area contributed by atoms with Gasteiger partial charge in [-0.3, -0.25) is 14.9 Å². The molecule has 108 valence electrons. The summed E-state index contributed by atoms with van der Waals surface area (Å²) in [7, 11) is 0. The molecule has 0 amide bonds. The van der Waals surface area contributed by atoms with E-state index in [9.17, 15) is 14.9 Å². The molecule has 1 aromatic carbocycles. The standard InChI is InChI=1S/C14H17NO5/c1-10(16)13-6-5-11(8-14(13)15(17)18)20-9-12-4-2-3-7-19-12/h5-6,8,12H,2-4,7,9H2,1H3. The summed E-state index contributed by atoms with van der Waals surface area (Å²) in [6.45, 7) is 2.41. The second-order valence-corrected chi connectivity index (χ2v) is 4.79. The largest absolute Gasteiger partial charge is 0.491 e. The quantitative estimate of drug-likeness (QED) is 0.470. The number of ether oxygens (including phenoxy) is 2. The number of Topliss-reactive ketones (excluding diaryl/α,β-unsaturated/α-hetero) is 1. The molecule has 0 aliphatic carbocycles. The highest BCUT2D eigenvalue weighted by Crippen LogP contribution is 2.25. The zero-order chi connectivity index (χ0) is 14.5. The van der Waals surface area contributed by atoms with Crippen molar-refractivity contribution in [2.75, 3.05) is 13.2 Å². The van der Waals surface area contributed by atoms with E-state index < -0.39 is 4.92 Å². The minimum absolute atomic E-state index is 0.0373. The Hall–Kier alpha value is -1.95. The van der Waals surface area contributed by atoms with Crippen molar-refractivity contribution in [3.8, 4) is 5.75 Å². The molecule has 20 heavy (non-hydrogen) atoms. The molecule has 0 bridgehead atoms. The number of nitrogens with zero attached hydrogens (tertiary/aromatic N) is 1. The predicted molar refractivity (Wildman–Crippen MR) is 72.2 cm³/mol. The first kappa shape index (κ1) is 14.5. The van der Waals surface area contributed by atoms with E-state index in [1.54, 1.807) is 6.07 Å². The van der Waals surface area contributed by atoms with Crippen molar-refractivity contribution in [1.29, 1.82) is 0 Å². The van der Waals surface area contributed by atoms with Crippen LogP contribution in [0.1, 0.15) is 36.5 Å². The zero-order valence-electron chi connectivity index (χ0n) is 11.3. The van der Waals surface area contributed by atoms with Crippen LogP contribution in [0.25, 0.3) is 0 Å². The zero-order valence-corrected chi connectivity index (χ0v) is 11.3. The molecular weight excluding hydrogens is 262 g/mol. The van der Waals surface area contributed by atoms with Gasteiger partial charge in [0, 0.05) is 6.61 Å². The van der Waals surface area contributed by atoms with Crippen LogP contribution in [-0.2, 0) is 4.74 Å². The lowest BCUT2D eigenvalue weighted by Crippen LogP contribution is -2.25. The molecule has 6 nitrogen and oxygen atoms in total. The number of ketones is 1. The summed E-state index contributed by atoms with van der Waals surface area (Å²) in [4.78, 5) is 21.7. The minimum Gasteiger partial charge on any atom is -0.491 e. The van der Waals surface area contributed by atoms with Gasteiger partial charge in [-0.2, -0.15) is 0 Å². The van der Waals surface area contributed by atoms with Crippen molar-refractivity contribution >= 4 is 11.5 Å². The Bertz CT molecular complexity index is 508. The van der Waals surface area contributed by atoms with Crippen LogP contribution in [0.2, 0.25) is 0 Å². The molecule has 6 heteroatoms. The summed E-state index contributed by atoms with van der Waals surface area (Å²) in [5.41, 5.74) is -0.129. The summed E-state index contributed by atoms with van der Waals surface area (Å²) in [5.74, 6) is 0.0507. The molecule has 1 fully saturated rings. The van der Waals surface area contributed by atoms with Crippen LogP contribution in [-0.4, -0.2) is 30.0 Å². The Morgan fingerprint density at radius 1 is 1.50 bits per heavy atom. The fourth-order valence-corrected chi connectivity index (χ4v) is 2.18. The monoisotopic (exact) mass is 279 g/mol. The molecule has 0 spiro atoms. The average Bonchev–Trinajstić information content (AvgIpc) is 2.45. The molecule has 1 aliphatic rings. The highest BCUT2D eigenvalue weighted by atomic mass is 16.6. The van der Waals surface area contributed by atoms with Gasteiger partial charge in [-0.1, -0.05) is 0 Å². The summed E-state index contributed by atoms with van der Waals surface area (Å²) in [6.07, 6.45) is 3.15. The molecule has 1 saturated heterocycles. The van der Waals surface area contributed by atoms with Crippen molar-refractivity contribution in [3.63, 3.8) is 0 Å². The van der Waals surface area contributed by atoms with Crippen molar-refractivity contribution in [3.05, 3.63) is 33.9 Å². The van der Waals surface area contributed by atoms with E-state index in [0.717, 1.165) is 25.9 Å². The Labute approximate surface area is 116 Å². The smallest absolute Gasteiger partial charge is 0.283 e. The summed E-state index contributed by atoms with van der Waals surface area (Å²) in [5, 5.41) is 11.0. The van der Waals surface area contributed by atoms with E-state index in [1.165, 1.54) is 19.1 Å². The molecule has 0 aromatic heterocycles. The minimum atomic E-state index is -0.569. The van der Waals surface area contributed by atoms with Gasteiger partial charge in [0.05, 0.1) is 22.7 Å². The van der Waals surface area contributed by atoms with Gasteiger partial charge in [0.1, 0.15) is 12.4 Å². The molecule has 0 radical (unpaired) electrons. The van der Waals surface area contributed by atoms with Crippen LogP contribution < -0.4 is 4.74 Å². The summed E-state index contributed by atoms with van der Waals surface area (Å²) >= 11 is 0. The molecule has 0 N–H and O–H groups in total. The molecule has 0 saturated carbocycles. The van der Waals surface area contributed by atoms with Gasteiger partial charge < -0.3 is 9.47 Å². The van der Waals surface area contributed by atoms with Gasteiger partial charge in [0.2, 0.25) is 0 Å². The predicted octanol–water partition coefficient (Wildman–Crippen LogP) is 2.75. The molecule has 1 aliphatic heterocycles. The van der Waals surface area contributed by atoms with E-state index in [0.29, 0.717) is 12.4 Å². The maximum Gasteiger partial charge on any atom is 0.283 e. The summed E-state index contributed by atoms with van der Waals surface area (Å²) < 4.78 is 11.1. The van der Waals surface area contributed by atoms with Gasteiger partial charge in [0.15, 0.2) is 5.78 Å². The molecule has 1 unspecified atom stereocenters. The van der Waals surface area contributed by atoms with Crippen molar-refractivity contribution in [2.24, 2.45) is 0 Å². The molecule has 1 atom stereocenters. The third kappa shape index (κ3) is 3.54. The highest BCUT2D eigenvalue weighted by Gasteiger charge is 2.19. The first-order valence-corrected chi connectivity index (χ1v) is 6.61. The third-order valence-corrected chi connectivity index (χ3v) is 3.26. The molecule has 1 aromatic rings. The van der Waals surface area contributed by atoms with Gasteiger partial charge in [0.25, 0.3) is 5.69 Å². The van der Waals surface area contributed by atoms with Crippen molar-refractivity contribution in [1.82, 2.24) is 0 Å². The van der Waals surface area contributed by atoms with Crippen LogP contribution in [0.15, 0.2) is 18.2 Å². The Kier molecular flexibility index (Phi) is 4.68. The lowest BCUT2D eigenvalue weighted by molar-refractivity contribution is -0.385. The molecule has 2 rings (SSSR count). The maximum atomic E-state index is 11.3. The number of carbonyl (C=O) groups is 1. The number of benzene rings is 1. The van der Waals surface area contributed by atoms with Gasteiger partial charge in [-0.05, 0) is 38.3 Å². The Morgan fingerprint density at radius 3 is 2.90 bits per heavy atom. The SMILES string of the molecule is CC(=O)c1ccc(OCC2CCCCO2)cc1[N+](=O)[O-]. The number of carbonyl (C=O) groups excluding carboxylic acids is 1. The first-order valence-electron chi connectivity index (χ1n) is 6.61. The second kappa shape index (κ2) is 6.47. The second-order valence-electron chi connectivity index (χ2n) is 4.79. The number of nitro benzene ring substituents is 1. The Morgan fingerprint density at radius 2 is 2.30 bits per heavy atom. The number of hydrogen-bond donors (Lipinski definition) is 0. The van der Waals surface area contributed by atoms with E-state index >= 15 is 0 Å². The van der Waals surface area contributed by atoms with Crippen LogP contribution in [0, 0.1) is 10.1 Å². The molecular formula is C14H17NO5. The first-order chi connectivity index (χ1) is 9.58. The fourth-order valence-electron chi connectivity index (χ4n) is 2.18. The van der Waals surface area contributed by atoms with Crippen molar-refractivity contribution < 1.29 is 19.2 Å². The number of hydrogen-bond acceptors (Lipinski definition) is 5. The lowest BCUT2D eigenvalue weighted by atomic mass is 10.1. The number of nitro groups is 1. The van der Waals surface area contributed by atoms with Crippen LogP contribution in [0.3, 0.4) is 0 Å². The fraction of sp³-hybridized carbons (Fsp3) is 0.500. The lowest BCUT2D eigenvalue weighted by Gasteiger charge is -2.22. The topological polar surface area (TPSA) is 78.7 Å².